The molecule has 0 spiro atoms. The molecule has 0 saturated heterocycles. The number of hydrogen-bond acceptors (Lipinski definition) is 1. The molecule has 0 bridgehead atoms. The number of rotatable bonds is 11. The summed E-state index contributed by atoms with van der Waals surface area (Å²) in [4.78, 5) is 0. The molecule has 18 heavy (non-hydrogen) atoms. The highest BCUT2D eigenvalue weighted by molar-refractivity contribution is 6.17. The van der Waals surface area contributed by atoms with E-state index in [-0.39, 0.29) is 0 Å². The van der Waals surface area contributed by atoms with E-state index >= 15 is 0 Å². The highest BCUT2D eigenvalue weighted by Crippen LogP contribution is 2.04. The smallest absolute Gasteiger partial charge is 0.0223 e. The van der Waals surface area contributed by atoms with Crippen molar-refractivity contribution in [2.75, 3.05) is 19.0 Å². The fraction of sp³-hybridized carbons (Fsp3) is 0.625. The molecule has 1 nitrogen and oxygen atoms in total. The Balaban J connectivity index is 1.82. The number of halogens is 1. The van der Waals surface area contributed by atoms with Gasteiger partial charge in [-0.25, -0.2) is 0 Å². The summed E-state index contributed by atoms with van der Waals surface area (Å²) in [7, 11) is 0. The molecule has 0 atom stereocenters. The van der Waals surface area contributed by atoms with E-state index in [0.29, 0.717) is 0 Å². The molecule has 1 aromatic carbocycles. The van der Waals surface area contributed by atoms with Gasteiger partial charge < -0.3 is 5.32 Å². The van der Waals surface area contributed by atoms with Crippen LogP contribution in [-0.4, -0.2) is 19.0 Å². The third-order valence-corrected chi connectivity index (χ3v) is 3.42. The highest BCUT2D eigenvalue weighted by Gasteiger charge is 1.93. The summed E-state index contributed by atoms with van der Waals surface area (Å²) in [6.45, 7) is 2.32. The maximum atomic E-state index is 5.63. The molecule has 0 unspecified atom stereocenters. The molecule has 0 fully saturated rings. The van der Waals surface area contributed by atoms with Crippen molar-refractivity contribution in [3.63, 3.8) is 0 Å². The van der Waals surface area contributed by atoms with Crippen LogP contribution in [0.5, 0.6) is 0 Å². The number of hydrogen-bond donors (Lipinski definition) is 1. The van der Waals surface area contributed by atoms with E-state index in [2.05, 4.69) is 35.6 Å². The Bertz CT molecular complexity index is 274. The Morgan fingerprint density at radius 2 is 1.44 bits per heavy atom. The molecule has 0 radical (unpaired) electrons. The van der Waals surface area contributed by atoms with Gasteiger partial charge in [0.25, 0.3) is 0 Å². The average Bonchev–Trinajstić information content (AvgIpc) is 2.42. The van der Waals surface area contributed by atoms with Crippen LogP contribution in [-0.2, 0) is 6.42 Å². The van der Waals surface area contributed by atoms with E-state index in [1.165, 1.54) is 50.5 Å². The molecule has 102 valence electrons. The van der Waals surface area contributed by atoms with E-state index < -0.39 is 0 Å². The molecule has 1 aromatic rings. The lowest BCUT2D eigenvalue weighted by molar-refractivity contribution is 0.575. The topological polar surface area (TPSA) is 12.0 Å². The van der Waals surface area contributed by atoms with Crippen LogP contribution in [0.2, 0.25) is 0 Å². The zero-order chi connectivity index (χ0) is 12.9. The van der Waals surface area contributed by atoms with Crippen LogP contribution in [0.25, 0.3) is 0 Å². The van der Waals surface area contributed by atoms with E-state index in [1.807, 2.05) is 0 Å². The SMILES string of the molecule is ClCCCCCCNCCCCc1ccccc1. The summed E-state index contributed by atoms with van der Waals surface area (Å²) >= 11 is 5.63. The van der Waals surface area contributed by atoms with Gasteiger partial charge in [-0.3, -0.25) is 0 Å². The van der Waals surface area contributed by atoms with E-state index in [4.69, 9.17) is 11.6 Å². The van der Waals surface area contributed by atoms with Gasteiger partial charge in [0.1, 0.15) is 0 Å². The Labute approximate surface area is 117 Å². The van der Waals surface area contributed by atoms with Gasteiger partial charge in [-0.15, -0.1) is 11.6 Å². The molecule has 1 rings (SSSR count). The predicted molar refractivity (Wildman–Crippen MR) is 81.4 cm³/mol. The number of unbranched alkanes of at least 4 members (excludes halogenated alkanes) is 4. The second-order valence-electron chi connectivity index (χ2n) is 4.80. The van der Waals surface area contributed by atoms with Gasteiger partial charge >= 0.3 is 0 Å². The van der Waals surface area contributed by atoms with Gasteiger partial charge in [-0.2, -0.15) is 0 Å². The Kier molecular flexibility index (Phi) is 9.97. The number of aryl methyl sites for hydroxylation is 1. The van der Waals surface area contributed by atoms with Crippen molar-refractivity contribution in [3.05, 3.63) is 35.9 Å². The normalized spacial score (nSPS) is 10.7. The summed E-state index contributed by atoms with van der Waals surface area (Å²) in [6, 6.07) is 10.7. The second kappa shape index (κ2) is 11.6. The molecule has 0 amide bonds. The van der Waals surface area contributed by atoms with Crippen LogP contribution in [0.15, 0.2) is 30.3 Å². The first-order valence-electron chi connectivity index (χ1n) is 7.24. The fourth-order valence-corrected chi connectivity index (χ4v) is 2.24. The standard InChI is InChI=1S/C16H26ClN/c17-13-7-1-2-8-14-18-15-9-6-12-16-10-4-3-5-11-16/h3-5,10-11,18H,1-2,6-9,12-15H2. The average molecular weight is 268 g/mol. The third-order valence-electron chi connectivity index (χ3n) is 3.15. The molecule has 0 aliphatic rings. The van der Waals surface area contributed by atoms with Crippen molar-refractivity contribution in [1.29, 1.82) is 0 Å². The van der Waals surface area contributed by atoms with Gasteiger partial charge in [0.15, 0.2) is 0 Å². The van der Waals surface area contributed by atoms with E-state index in [1.54, 1.807) is 0 Å². The number of nitrogens with one attached hydrogen (secondary N) is 1. The summed E-state index contributed by atoms with van der Waals surface area (Å²) in [5, 5.41) is 3.52. The summed E-state index contributed by atoms with van der Waals surface area (Å²) < 4.78 is 0. The van der Waals surface area contributed by atoms with Crippen molar-refractivity contribution in [2.24, 2.45) is 0 Å². The third kappa shape index (κ3) is 8.54. The first-order chi connectivity index (χ1) is 8.93. The molecular formula is C16H26ClN. The first kappa shape index (κ1) is 15.5. The van der Waals surface area contributed by atoms with Crippen LogP contribution < -0.4 is 5.32 Å². The summed E-state index contributed by atoms with van der Waals surface area (Å²) in [6.07, 6.45) is 8.80. The Morgan fingerprint density at radius 3 is 2.17 bits per heavy atom. The number of alkyl halides is 1. The molecule has 1 N–H and O–H groups in total. The molecular weight excluding hydrogens is 242 g/mol. The zero-order valence-electron chi connectivity index (χ0n) is 11.3. The fourth-order valence-electron chi connectivity index (χ4n) is 2.05. The molecule has 0 saturated carbocycles. The maximum absolute atomic E-state index is 5.63. The lowest BCUT2D eigenvalue weighted by Crippen LogP contribution is -2.16. The van der Waals surface area contributed by atoms with Gasteiger partial charge in [-0.1, -0.05) is 43.2 Å². The van der Waals surface area contributed by atoms with Gasteiger partial charge in [0.2, 0.25) is 0 Å². The largest absolute Gasteiger partial charge is 0.317 e. The first-order valence-corrected chi connectivity index (χ1v) is 7.77. The van der Waals surface area contributed by atoms with E-state index in [9.17, 15) is 0 Å². The molecule has 0 aliphatic carbocycles. The van der Waals surface area contributed by atoms with Crippen LogP contribution in [0.4, 0.5) is 0 Å². The maximum Gasteiger partial charge on any atom is 0.0223 e. The van der Waals surface area contributed by atoms with E-state index in [0.717, 1.165) is 19.0 Å². The van der Waals surface area contributed by atoms with Crippen LogP contribution >= 0.6 is 11.6 Å². The van der Waals surface area contributed by atoms with Crippen molar-refractivity contribution < 1.29 is 0 Å². The van der Waals surface area contributed by atoms with Gasteiger partial charge in [-0.05, 0) is 50.8 Å². The minimum Gasteiger partial charge on any atom is -0.317 e. The lowest BCUT2D eigenvalue weighted by Gasteiger charge is -2.05. The number of benzene rings is 1. The monoisotopic (exact) mass is 267 g/mol. The zero-order valence-corrected chi connectivity index (χ0v) is 12.1. The molecule has 0 aromatic heterocycles. The predicted octanol–water partition coefficient (Wildman–Crippen LogP) is 4.40. The van der Waals surface area contributed by atoms with Gasteiger partial charge in [0, 0.05) is 5.88 Å². The van der Waals surface area contributed by atoms with Crippen molar-refractivity contribution in [2.45, 2.75) is 44.9 Å². The van der Waals surface area contributed by atoms with Crippen molar-refractivity contribution in [1.82, 2.24) is 5.32 Å². The van der Waals surface area contributed by atoms with Crippen LogP contribution in [0, 0.1) is 0 Å². The second-order valence-corrected chi connectivity index (χ2v) is 5.17. The molecule has 0 aliphatic heterocycles. The van der Waals surface area contributed by atoms with Gasteiger partial charge in [0.05, 0.1) is 0 Å². The van der Waals surface area contributed by atoms with Crippen LogP contribution in [0.3, 0.4) is 0 Å². The molecule has 0 heterocycles. The minimum atomic E-state index is 0.812. The Morgan fingerprint density at radius 1 is 0.778 bits per heavy atom. The van der Waals surface area contributed by atoms with Crippen LogP contribution in [0.1, 0.15) is 44.1 Å². The van der Waals surface area contributed by atoms with Crippen molar-refractivity contribution in [3.8, 4) is 0 Å². The summed E-state index contributed by atoms with van der Waals surface area (Å²) in [5.74, 6) is 0.812. The Hall–Kier alpha value is -0.530. The van der Waals surface area contributed by atoms with Crippen molar-refractivity contribution >= 4 is 11.6 Å². The quantitative estimate of drug-likeness (QED) is 0.463. The summed E-state index contributed by atoms with van der Waals surface area (Å²) in [5.41, 5.74) is 1.46. The lowest BCUT2D eigenvalue weighted by atomic mass is 10.1. The highest BCUT2D eigenvalue weighted by atomic mass is 35.5. The molecule has 2 heteroatoms. The minimum absolute atomic E-state index is 0.812.